The predicted molar refractivity (Wildman–Crippen MR) is 64.0 cm³/mol. The normalized spacial score (nSPS) is 25.4. The second-order valence-electron chi connectivity index (χ2n) is 5.41. The molecule has 1 amide bonds. The fourth-order valence-electron chi connectivity index (χ4n) is 2.73. The molecule has 0 aromatic heterocycles. The lowest BCUT2D eigenvalue weighted by Gasteiger charge is -2.47. The van der Waals surface area contributed by atoms with E-state index in [1.165, 1.54) is 12.8 Å². The Bertz CT molecular complexity index is 255. The molecule has 3 N–H and O–H groups in total. The van der Waals surface area contributed by atoms with Gasteiger partial charge >= 0.3 is 0 Å². The summed E-state index contributed by atoms with van der Waals surface area (Å²) in [6.45, 7) is 4.36. The minimum atomic E-state index is -0.0341. The van der Waals surface area contributed by atoms with Crippen molar-refractivity contribution in [3.05, 3.63) is 0 Å². The highest BCUT2D eigenvalue weighted by molar-refractivity contribution is 5.78. The molecule has 92 valence electrons. The van der Waals surface area contributed by atoms with E-state index >= 15 is 0 Å². The molecule has 4 heteroatoms. The first-order chi connectivity index (χ1) is 7.61. The van der Waals surface area contributed by atoms with Gasteiger partial charge in [-0.3, -0.25) is 9.69 Å². The fourth-order valence-corrected chi connectivity index (χ4v) is 2.73. The highest BCUT2D eigenvalue weighted by Gasteiger charge is 2.38. The molecule has 2 aliphatic rings. The molecule has 1 saturated heterocycles. The van der Waals surface area contributed by atoms with Crippen molar-refractivity contribution in [3.63, 3.8) is 0 Å². The zero-order valence-electron chi connectivity index (χ0n) is 10.2. The van der Waals surface area contributed by atoms with Gasteiger partial charge in [0.05, 0.1) is 6.54 Å². The first-order valence-corrected chi connectivity index (χ1v) is 6.42. The number of nitrogens with one attached hydrogen (secondary N) is 1. The van der Waals surface area contributed by atoms with E-state index < -0.39 is 0 Å². The molecule has 0 spiro atoms. The molecule has 16 heavy (non-hydrogen) atoms. The van der Waals surface area contributed by atoms with Crippen molar-refractivity contribution < 1.29 is 4.79 Å². The van der Waals surface area contributed by atoms with Crippen molar-refractivity contribution in [2.24, 2.45) is 5.73 Å². The van der Waals surface area contributed by atoms with Crippen molar-refractivity contribution >= 4 is 5.91 Å². The number of hydrogen-bond acceptors (Lipinski definition) is 3. The lowest BCUT2D eigenvalue weighted by atomic mass is 9.88. The van der Waals surface area contributed by atoms with Crippen LogP contribution in [0.5, 0.6) is 0 Å². The summed E-state index contributed by atoms with van der Waals surface area (Å²) in [6, 6.07) is 0.433. The van der Waals surface area contributed by atoms with Gasteiger partial charge in [-0.1, -0.05) is 19.8 Å². The van der Waals surface area contributed by atoms with E-state index in [0.29, 0.717) is 12.6 Å². The second kappa shape index (κ2) is 4.72. The first kappa shape index (κ1) is 11.9. The minimum Gasteiger partial charge on any atom is -0.352 e. The van der Waals surface area contributed by atoms with E-state index in [1.807, 2.05) is 0 Å². The van der Waals surface area contributed by atoms with Crippen LogP contribution in [0.2, 0.25) is 0 Å². The lowest BCUT2D eigenvalue weighted by Crippen LogP contribution is -2.68. The molecular formula is C12H23N3O. The third-order valence-electron chi connectivity index (χ3n) is 3.87. The number of nitrogens with zero attached hydrogens (tertiary/aromatic N) is 1. The highest BCUT2D eigenvalue weighted by atomic mass is 16.2. The average molecular weight is 225 g/mol. The van der Waals surface area contributed by atoms with Crippen molar-refractivity contribution in [1.29, 1.82) is 0 Å². The summed E-state index contributed by atoms with van der Waals surface area (Å²) in [5.74, 6) is 0.171. The third kappa shape index (κ3) is 2.74. The van der Waals surface area contributed by atoms with Crippen molar-refractivity contribution in [2.75, 3.05) is 19.6 Å². The SMILES string of the molecule is CCC1(N)CN(CC(=O)NC2CCCC2)C1. The molecule has 2 fully saturated rings. The maximum atomic E-state index is 11.7. The van der Waals surface area contributed by atoms with Gasteiger partial charge in [-0.25, -0.2) is 0 Å². The van der Waals surface area contributed by atoms with Crippen molar-refractivity contribution in [1.82, 2.24) is 10.2 Å². The Labute approximate surface area is 97.6 Å². The van der Waals surface area contributed by atoms with Crippen molar-refractivity contribution in [3.8, 4) is 0 Å². The van der Waals surface area contributed by atoms with Crippen LogP contribution < -0.4 is 11.1 Å². The maximum absolute atomic E-state index is 11.7. The number of carbonyl (C=O) groups excluding carboxylic acids is 1. The molecule has 1 aliphatic heterocycles. The van der Waals surface area contributed by atoms with Gasteiger partial charge in [0, 0.05) is 24.7 Å². The van der Waals surface area contributed by atoms with Gasteiger partial charge in [0.15, 0.2) is 0 Å². The van der Waals surface area contributed by atoms with Crippen LogP contribution in [-0.2, 0) is 4.79 Å². The summed E-state index contributed by atoms with van der Waals surface area (Å²) in [6.07, 6.45) is 5.82. The monoisotopic (exact) mass is 225 g/mol. The fraction of sp³-hybridized carbons (Fsp3) is 0.917. The Morgan fingerprint density at radius 3 is 2.62 bits per heavy atom. The minimum absolute atomic E-state index is 0.0341. The summed E-state index contributed by atoms with van der Waals surface area (Å²) < 4.78 is 0. The molecule has 0 aromatic carbocycles. The van der Waals surface area contributed by atoms with Crippen molar-refractivity contribution in [2.45, 2.75) is 50.6 Å². The Morgan fingerprint density at radius 1 is 1.44 bits per heavy atom. The topological polar surface area (TPSA) is 58.4 Å². The van der Waals surface area contributed by atoms with Gasteiger partial charge in [-0.15, -0.1) is 0 Å². The third-order valence-corrected chi connectivity index (χ3v) is 3.87. The largest absolute Gasteiger partial charge is 0.352 e. The van der Waals surface area contributed by atoms with Gasteiger partial charge in [-0.2, -0.15) is 0 Å². The molecule has 0 unspecified atom stereocenters. The molecule has 1 heterocycles. The van der Waals surface area contributed by atoms with Crippen LogP contribution >= 0.6 is 0 Å². The molecular weight excluding hydrogens is 202 g/mol. The van der Waals surface area contributed by atoms with Gasteiger partial charge in [0.1, 0.15) is 0 Å². The number of amides is 1. The van der Waals surface area contributed by atoms with E-state index in [9.17, 15) is 4.79 Å². The summed E-state index contributed by atoms with van der Waals surface area (Å²) in [4.78, 5) is 13.8. The lowest BCUT2D eigenvalue weighted by molar-refractivity contribution is -0.124. The highest BCUT2D eigenvalue weighted by Crippen LogP contribution is 2.21. The Kier molecular flexibility index (Phi) is 3.50. The average Bonchev–Trinajstić information content (AvgIpc) is 2.67. The molecule has 0 radical (unpaired) electrons. The van der Waals surface area contributed by atoms with Crippen LogP contribution in [0.4, 0.5) is 0 Å². The van der Waals surface area contributed by atoms with Gasteiger partial charge in [-0.05, 0) is 19.3 Å². The predicted octanol–water partition coefficient (Wildman–Crippen LogP) is 0.468. The molecule has 1 aliphatic carbocycles. The summed E-state index contributed by atoms with van der Waals surface area (Å²) in [7, 11) is 0. The summed E-state index contributed by atoms with van der Waals surface area (Å²) in [5, 5.41) is 3.10. The van der Waals surface area contributed by atoms with E-state index in [2.05, 4.69) is 17.1 Å². The molecule has 1 saturated carbocycles. The smallest absolute Gasteiger partial charge is 0.234 e. The number of carbonyl (C=O) groups is 1. The Hall–Kier alpha value is -0.610. The Morgan fingerprint density at radius 2 is 2.06 bits per heavy atom. The van der Waals surface area contributed by atoms with Gasteiger partial charge in [0.2, 0.25) is 5.91 Å². The molecule has 0 atom stereocenters. The Balaban J connectivity index is 1.65. The first-order valence-electron chi connectivity index (χ1n) is 6.42. The van der Waals surface area contributed by atoms with E-state index in [0.717, 1.165) is 32.4 Å². The number of hydrogen-bond donors (Lipinski definition) is 2. The van der Waals surface area contributed by atoms with Crippen LogP contribution in [0, 0.1) is 0 Å². The molecule has 0 aromatic rings. The molecule has 2 rings (SSSR count). The van der Waals surface area contributed by atoms with E-state index in [4.69, 9.17) is 5.73 Å². The zero-order valence-corrected chi connectivity index (χ0v) is 10.2. The summed E-state index contributed by atoms with van der Waals surface area (Å²) >= 11 is 0. The number of rotatable bonds is 4. The molecule has 0 bridgehead atoms. The van der Waals surface area contributed by atoms with Crippen LogP contribution in [0.25, 0.3) is 0 Å². The van der Waals surface area contributed by atoms with E-state index in [1.54, 1.807) is 0 Å². The summed E-state index contributed by atoms with van der Waals surface area (Å²) in [5.41, 5.74) is 6.02. The number of nitrogens with two attached hydrogens (primary N) is 1. The van der Waals surface area contributed by atoms with Crippen LogP contribution in [-0.4, -0.2) is 42.0 Å². The quantitative estimate of drug-likeness (QED) is 0.731. The van der Waals surface area contributed by atoms with E-state index in [-0.39, 0.29) is 11.4 Å². The van der Waals surface area contributed by atoms with Crippen LogP contribution in [0.15, 0.2) is 0 Å². The molecule has 4 nitrogen and oxygen atoms in total. The van der Waals surface area contributed by atoms with Crippen LogP contribution in [0.1, 0.15) is 39.0 Å². The maximum Gasteiger partial charge on any atom is 0.234 e. The number of likely N-dealkylation sites (tertiary alicyclic amines) is 1. The zero-order chi connectivity index (χ0) is 11.6. The standard InChI is InChI=1S/C12H23N3O/c1-2-12(13)8-15(9-12)7-11(16)14-10-5-3-4-6-10/h10H,2-9,13H2,1H3,(H,14,16). The van der Waals surface area contributed by atoms with Gasteiger partial charge in [0.25, 0.3) is 0 Å². The second-order valence-corrected chi connectivity index (χ2v) is 5.41. The van der Waals surface area contributed by atoms with Gasteiger partial charge < -0.3 is 11.1 Å². The van der Waals surface area contributed by atoms with Crippen LogP contribution in [0.3, 0.4) is 0 Å².